The number of aryl methyl sites for hydroxylation is 1. The molecular formula is C16H17ClN2O. The standard InChI is InChI=1S/C16H17ClN2O/c1-11-9-15(7-8-16(11)19-12(2)20)18-10-13-3-5-14(17)6-4-13/h3-9,18H,10H2,1-2H3,(H,19,20). The third-order valence-electron chi connectivity index (χ3n) is 2.95. The number of anilines is 2. The minimum absolute atomic E-state index is 0.0602. The van der Waals surface area contributed by atoms with Crippen LogP contribution in [-0.4, -0.2) is 5.91 Å². The summed E-state index contributed by atoms with van der Waals surface area (Å²) in [6.07, 6.45) is 0. The molecule has 0 radical (unpaired) electrons. The SMILES string of the molecule is CC(=O)Nc1ccc(NCc2ccc(Cl)cc2)cc1C. The molecule has 0 aliphatic carbocycles. The van der Waals surface area contributed by atoms with Crippen LogP contribution in [0.3, 0.4) is 0 Å². The van der Waals surface area contributed by atoms with Crippen LogP contribution >= 0.6 is 11.6 Å². The molecule has 0 atom stereocenters. The number of hydrogen-bond acceptors (Lipinski definition) is 2. The lowest BCUT2D eigenvalue weighted by atomic mass is 10.1. The molecule has 0 saturated carbocycles. The number of hydrogen-bond donors (Lipinski definition) is 2. The van der Waals surface area contributed by atoms with Crippen molar-refractivity contribution in [2.75, 3.05) is 10.6 Å². The van der Waals surface area contributed by atoms with Crippen LogP contribution in [-0.2, 0) is 11.3 Å². The molecule has 0 spiro atoms. The maximum absolute atomic E-state index is 11.1. The number of halogens is 1. The molecule has 2 rings (SSSR count). The van der Waals surface area contributed by atoms with E-state index in [0.717, 1.165) is 34.1 Å². The highest BCUT2D eigenvalue weighted by molar-refractivity contribution is 6.30. The van der Waals surface area contributed by atoms with Gasteiger partial charge in [-0.3, -0.25) is 4.79 Å². The van der Waals surface area contributed by atoms with Gasteiger partial charge in [-0.05, 0) is 48.4 Å². The Bertz CT molecular complexity index is 608. The summed E-state index contributed by atoms with van der Waals surface area (Å²) in [7, 11) is 0. The summed E-state index contributed by atoms with van der Waals surface area (Å²) in [5, 5.41) is 6.88. The van der Waals surface area contributed by atoms with Gasteiger partial charge in [-0.2, -0.15) is 0 Å². The van der Waals surface area contributed by atoms with Gasteiger partial charge >= 0.3 is 0 Å². The van der Waals surface area contributed by atoms with Gasteiger partial charge < -0.3 is 10.6 Å². The normalized spacial score (nSPS) is 10.2. The highest BCUT2D eigenvalue weighted by Crippen LogP contribution is 2.20. The van der Waals surface area contributed by atoms with Gasteiger partial charge in [-0.25, -0.2) is 0 Å². The first-order valence-corrected chi connectivity index (χ1v) is 6.79. The summed E-state index contributed by atoms with van der Waals surface area (Å²) >= 11 is 5.85. The molecule has 20 heavy (non-hydrogen) atoms. The van der Waals surface area contributed by atoms with Crippen molar-refractivity contribution in [1.82, 2.24) is 0 Å². The number of nitrogens with one attached hydrogen (secondary N) is 2. The van der Waals surface area contributed by atoms with Crippen LogP contribution in [0.5, 0.6) is 0 Å². The lowest BCUT2D eigenvalue weighted by Crippen LogP contribution is -2.07. The number of rotatable bonds is 4. The van der Waals surface area contributed by atoms with E-state index in [2.05, 4.69) is 10.6 Å². The van der Waals surface area contributed by atoms with E-state index in [1.807, 2.05) is 49.4 Å². The molecular weight excluding hydrogens is 272 g/mol. The molecule has 2 aromatic carbocycles. The van der Waals surface area contributed by atoms with Crippen molar-refractivity contribution in [3.63, 3.8) is 0 Å². The second-order valence-corrected chi connectivity index (χ2v) is 5.13. The highest BCUT2D eigenvalue weighted by atomic mass is 35.5. The maximum atomic E-state index is 11.1. The van der Waals surface area contributed by atoms with Crippen molar-refractivity contribution in [3.8, 4) is 0 Å². The van der Waals surface area contributed by atoms with E-state index in [4.69, 9.17) is 11.6 Å². The van der Waals surface area contributed by atoms with Gasteiger partial charge in [0.25, 0.3) is 0 Å². The minimum Gasteiger partial charge on any atom is -0.381 e. The van der Waals surface area contributed by atoms with Crippen LogP contribution in [0.1, 0.15) is 18.1 Å². The number of amides is 1. The first-order chi connectivity index (χ1) is 9.54. The van der Waals surface area contributed by atoms with Crippen LogP contribution in [0.4, 0.5) is 11.4 Å². The predicted octanol–water partition coefficient (Wildman–Crippen LogP) is 4.22. The van der Waals surface area contributed by atoms with Gasteiger partial charge in [-0.15, -0.1) is 0 Å². The van der Waals surface area contributed by atoms with E-state index in [1.54, 1.807) is 0 Å². The lowest BCUT2D eigenvalue weighted by molar-refractivity contribution is -0.114. The summed E-state index contributed by atoms with van der Waals surface area (Å²) in [6.45, 7) is 4.21. The Balaban J connectivity index is 2.01. The zero-order chi connectivity index (χ0) is 14.5. The molecule has 0 aliphatic heterocycles. The second-order valence-electron chi connectivity index (χ2n) is 4.69. The van der Waals surface area contributed by atoms with E-state index in [9.17, 15) is 4.79 Å². The summed E-state index contributed by atoms with van der Waals surface area (Å²) in [6, 6.07) is 13.6. The van der Waals surface area contributed by atoms with Crippen molar-refractivity contribution < 1.29 is 4.79 Å². The average molecular weight is 289 g/mol. The number of carbonyl (C=O) groups excluding carboxylic acids is 1. The van der Waals surface area contributed by atoms with E-state index in [-0.39, 0.29) is 5.91 Å². The molecule has 1 amide bonds. The number of benzene rings is 2. The van der Waals surface area contributed by atoms with Crippen molar-refractivity contribution >= 4 is 28.9 Å². The van der Waals surface area contributed by atoms with Crippen LogP contribution < -0.4 is 10.6 Å². The van der Waals surface area contributed by atoms with E-state index in [1.165, 1.54) is 6.92 Å². The van der Waals surface area contributed by atoms with Crippen molar-refractivity contribution in [3.05, 3.63) is 58.6 Å². The fourth-order valence-electron chi connectivity index (χ4n) is 1.91. The molecule has 2 aromatic rings. The first-order valence-electron chi connectivity index (χ1n) is 6.41. The smallest absolute Gasteiger partial charge is 0.221 e. The Morgan fingerprint density at radius 2 is 1.85 bits per heavy atom. The molecule has 0 heterocycles. The molecule has 4 heteroatoms. The second kappa shape index (κ2) is 6.44. The fourth-order valence-corrected chi connectivity index (χ4v) is 2.04. The maximum Gasteiger partial charge on any atom is 0.221 e. The van der Waals surface area contributed by atoms with Crippen LogP contribution in [0.15, 0.2) is 42.5 Å². The predicted molar refractivity (Wildman–Crippen MR) is 84.3 cm³/mol. The largest absolute Gasteiger partial charge is 0.381 e. The molecule has 0 aromatic heterocycles. The van der Waals surface area contributed by atoms with E-state index in [0.29, 0.717) is 0 Å². The molecule has 3 nitrogen and oxygen atoms in total. The Morgan fingerprint density at radius 1 is 1.15 bits per heavy atom. The van der Waals surface area contributed by atoms with Gasteiger partial charge in [0.1, 0.15) is 0 Å². The Morgan fingerprint density at radius 3 is 2.45 bits per heavy atom. The summed E-state index contributed by atoms with van der Waals surface area (Å²) in [5.41, 5.74) is 4.06. The summed E-state index contributed by atoms with van der Waals surface area (Å²) < 4.78 is 0. The third kappa shape index (κ3) is 4.00. The molecule has 0 unspecified atom stereocenters. The minimum atomic E-state index is -0.0602. The summed E-state index contributed by atoms with van der Waals surface area (Å²) in [5.74, 6) is -0.0602. The van der Waals surface area contributed by atoms with Gasteiger partial charge in [0.15, 0.2) is 0 Å². The van der Waals surface area contributed by atoms with Crippen molar-refractivity contribution in [1.29, 1.82) is 0 Å². The molecule has 2 N–H and O–H groups in total. The van der Waals surface area contributed by atoms with Crippen LogP contribution in [0.2, 0.25) is 5.02 Å². The van der Waals surface area contributed by atoms with Gasteiger partial charge in [0, 0.05) is 29.9 Å². The average Bonchev–Trinajstić information content (AvgIpc) is 2.40. The van der Waals surface area contributed by atoms with Crippen molar-refractivity contribution in [2.45, 2.75) is 20.4 Å². The first kappa shape index (κ1) is 14.4. The third-order valence-corrected chi connectivity index (χ3v) is 3.20. The monoisotopic (exact) mass is 288 g/mol. The molecule has 104 valence electrons. The molecule has 0 fully saturated rings. The molecule has 0 aliphatic rings. The Kier molecular flexibility index (Phi) is 4.64. The summed E-state index contributed by atoms with van der Waals surface area (Å²) in [4.78, 5) is 11.1. The zero-order valence-electron chi connectivity index (χ0n) is 11.5. The van der Waals surface area contributed by atoms with Crippen molar-refractivity contribution in [2.24, 2.45) is 0 Å². The van der Waals surface area contributed by atoms with E-state index < -0.39 is 0 Å². The van der Waals surface area contributed by atoms with Gasteiger partial charge in [-0.1, -0.05) is 23.7 Å². The topological polar surface area (TPSA) is 41.1 Å². The van der Waals surface area contributed by atoms with E-state index >= 15 is 0 Å². The van der Waals surface area contributed by atoms with Gasteiger partial charge in [0.05, 0.1) is 0 Å². The highest BCUT2D eigenvalue weighted by Gasteiger charge is 2.02. The van der Waals surface area contributed by atoms with Gasteiger partial charge in [0.2, 0.25) is 5.91 Å². The Labute approximate surface area is 124 Å². The zero-order valence-corrected chi connectivity index (χ0v) is 12.3. The Hall–Kier alpha value is -2.00. The fraction of sp³-hybridized carbons (Fsp3) is 0.188. The lowest BCUT2D eigenvalue weighted by Gasteiger charge is -2.11. The van der Waals surface area contributed by atoms with Crippen LogP contribution in [0.25, 0.3) is 0 Å². The van der Waals surface area contributed by atoms with Crippen LogP contribution in [0, 0.1) is 6.92 Å². The molecule has 0 saturated heterocycles. The molecule has 0 bridgehead atoms. The number of carbonyl (C=O) groups is 1. The quantitative estimate of drug-likeness (QED) is 0.884.